The maximum Gasteiger partial charge on any atom is 0.318 e. The maximum atomic E-state index is 12.3. The van der Waals surface area contributed by atoms with Gasteiger partial charge < -0.3 is 10.7 Å². The molecule has 2 rings (SSSR count). The van der Waals surface area contributed by atoms with Crippen LogP contribution in [0.2, 0.25) is 0 Å². The molecule has 0 aliphatic rings. The lowest BCUT2D eigenvalue weighted by atomic mass is 10.1. The number of hydrogen-bond acceptors (Lipinski definition) is 2. The Morgan fingerprint density at radius 3 is 2.93 bits per heavy atom. The predicted molar refractivity (Wildman–Crippen MR) is 56.1 cm³/mol. The second-order valence-corrected chi connectivity index (χ2v) is 3.47. The monoisotopic (exact) mass is 206 g/mol. The first kappa shape index (κ1) is 9.86. The number of carbonyl (C=O) groups excluding carboxylic acids is 1. The van der Waals surface area contributed by atoms with E-state index in [1.165, 1.54) is 0 Å². The van der Waals surface area contributed by atoms with E-state index in [4.69, 9.17) is 5.73 Å². The molecule has 1 heterocycles. The van der Waals surface area contributed by atoms with Crippen molar-refractivity contribution < 1.29 is 9.18 Å². The third-order valence-corrected chi connectivity index (χ3v) is 2.41. The zero-order chi connectivity index (χ0) is 10.8. The van der Waals surface area contributed by atoms with Crippen LogP contribution in [0.3, 0.4) is 0 Å². The lowest BCUT2D eigenvalue weighted by Crippen LogP contribution is -2.29. The van der Waals surface area contributed by atoms with Crippen LogP contribution in [-0.2, 0) is 11.2 Å². The van der Waals surface area contributed by atoms with Gasteiger partial charge in [-0.3, -0.25) is 4.79 Å². The summed E-state index contributed by atoms with van der Waals surface area (Å²) in [6.07, 6.45) is 1.98. The van der Waals surface area contributed by atoms with Gasteiger partial charge in [-0.25, -0.2) is 0 Å². The summed E-state index contributed by atoms with van der Waals surface area (Å²) in [5.41, 5.74) is 7.19. The third-order valence-electron chi connectivity index (χ3n) is 2.41. The van der Waals surface area contributed by atoms with Gasteiger partial charge in [-0.15, -0.1) is 0 Å². The molecular formula is C11H11FN2O. The van der Waals surface area contributed by atoms with E-state index < -0.39 is 12.1 Å². The Labute approximate surface area is 86.1 Å². The van der Waals surface area contributed by atoms with Crippen LogP contribution in [-0.4, -0.2) is 17.1 Å². The van der Waals surface area contributed by atoms with Gasteiger partial charge in [-0.1, -0.05) is 18.2 Å². The van der Waals surface area contributed by atoms with Crippen molar-refractivity contribution in [1.82, 2.24) is 4.98 Å². The number of H-pyrrole nitrogens is 1. The SMILES string of the molecule is N[C@H](Cc1c[nH]c2ccccc12)C(=O)F. The Hall–Kier alpha value is -1.68. The number of hydrogen-bond donors (Lipinski definition) is 2. The minimum Gasteiger partial charge on any atom is -0.361 e. The number of nitrogens with two attached hydrogens (primary N) is 1. The summed E-state index contributed by atoms with van der Waals surface area (Å²) in [7, 11) is 0. The Morgan fingerprint density at radius 2 is 2.20 bits per heavy atom. The van der Waals surface area contributed by atoms with Crippen molar-refractivity contribution in [2.75, 3.05) is 0 Å². The van der Waals surface area contributed by atoms with Gasteiger partial charge in [0.1, 0.15) is 6.04 Å². The van der Waals surface area contributed by atoms with Crippen LogP contribution in [0, 0.1) is 0 Å². The molecule has 3 N–H and O–H groups in total. The standard InChI is InChI=1S/C11H11FN2O/c12-11(15)9(13)5-7-6-14-10-4-2-1-3-8(7)10/h1-4,6,9,14H,5,13H2/t9-/m1/s1. The molecule has 0 bridgehead atoms. The van der Waals surface area contributed by atoms with E-state index in [9.17, 15) is 9.18 Å². The molecule has 0 spiro atoms. The fourth-order valence-electron chi connectivity index (χ4n) is 1.62. The van der Waals surface area contributed by atoms with Crippen LogP contribution in [0.1, 0.15) is 5.56 Å². The van der Waals surface area contributed by atoms with Crippen molar-refractivity contribution in [3.8, 4) is 0 Å². The number of rotatable bonds is 3. The molecule has 0 aliphatic heterocycles. The Kier molecular flexibility index (Phi) is 2.51. The summed E-state index contributed by atoms with van der Waals surface area (Å²) in [6, 6.07) is 5.09. The van der Waals surface area contributed by atoms with Crippen molar-refractivity contribution in [2.24, 2.45) is 5.73 Å². The fraction of sp³-hybridized carbons (Fsp3) is 0.182. The molecule has 1 atom stereocenters. The van der Waals surface area contributed by atoms with Crippen molar-refractivity contribution in [3.05, 3.63) is 36.0 Å². The van der Waals surface area contributed by atoms with Gasteiger partial charge in [0.05, 0.1) is 0 Å². The summed E-state index contributed by atoms with van der Waals surface area (Å²) < 4.78 is 12.3. The lowest BCUT2D eigenvalue weighted by molar-refractivity contribution is -0.130. The Morgan fingerprint density at radius 1 is 1.47 bits per heavy atom. The Bertz CT molecular complexity index is 492. The van der Waals surface area contributed by atoms with Crippen LogP contribution in [0.4, 0.5) is 4.39 Å². The number of halogens is 1. The minimum atomic E-state index is -1.47. The van der Waals surface area contributed by atoms with Crippen molar-refractivity contribution in [1.29, 1.82) is 0 Å². The molecular weight excluding hydrogens is 195 g/mol. The van der Waals surface area contributed by atoms with E-state index in [1.54, 1.807) is 6.20 Å². The summed E-state index contributed by atoms with van der Waals surface area (Å²) in [4.78, 5) is 13.4. The molecule has 0 aliphatic carbocycles. The lowest BCUT2D eigenvalue weighted by Gasteiger charge is -2.03. The molecule has 0 unspecified atom stereocenters. The number of nitrogens with one attached hydrogen (secondary N) is 1. The minimum absolute atomic E-state index is 0.222. The first-order valence-electron chi connectivity index (χ1n) is 4.68. The van der Waals surface area contributed by atoms with Crippen LogP contribution in [0.5, 0.6) is 0 Å². The van der Waals surface area contributed by atoms with Gasteiger partial charge in [-0.2, -0.15) is 4.39 Å². The predicted octanol–water partition coefficient (Wildman–Crippen LogP) is 1.53. The fourth-order valence-corrected chi connectivity index (χ4v) is 1.62. The van der Waals surface area contributed by atoms with Gasteiger partial charge in [0, 0.05) is 17.1 Å². The van der Waals surface area contributed by atoms with Crippen LogP contribution in [0.25, 0.3) is 10.9 Å². The zero-order valence-corrected chi connectivity index (χ0v) is 8.03. The highest BCUT2D eigenvalue weighted by molar-refractivity contribution is 5.84. The molecule has 0 fully saturated rings. The van der Waals surface area contributed by atoms with Crippen LogP contribution >= 0.6 is 0 Å². The average Bonchev–Trinajstić information content (AvgIpc) is 2.62. The largest absolute Gasteiger partial charge is 0.361 e. The van der Waals surface area contributed by atoms with Crippen LogP contribution in [0.15, 0.2) is 30.5 Å². The first-order chi connectivity index (χ1) is 7.18. The second-order valence-electron chi connectivity index (χ2n) is 3.47. The van der Waals surface area contributed by atoms with Gasteiger partial charge >= 0.3 is 6.04 Å². The van der Waals surface area contributed by atoms with E-state index in [-0.39, 0.29) is 6.42 Å². The Balaban J connectivity index is 2.32. The van der Waals surface area contributed by atoms with E-state index in [0.717, 1.165) is 16.5 Å². The van der Waals surface area contributed by atoms with Crippen LogP contribution < -0.4 is 5.73 Å². The highest BCUT2D eigenvalue weighted by atomic mass is 19.1. The molecule has 0 amide bonds. The number of benzene rings is 1. The summed E-state index contributed by atoms with van der Waals surface area (Å²) in [6.45, 7) is 0. The van der Waals surface area contributed by atoms with E-state index in [0.29, 0.717) is 0 Å². The number of carbonyl (C=O) groups is 1. The molecule has 3 nitrogen and oxygen atoms in total. The first-order valence-corrected chi connectivity index (χ1v) is 4.68. The number of aromatic amines is 1. The molecule has 15 heavy (non-hydrogen) atoms. The molecule has 1 aromatic carbocycles. The van der Waals surface area contributed by atoms with Crippen molar-refractivity contribution >= 4 is 16.9 Å². The maximum absolute atomic E-state index is 12.3. The molecule has 4 heteroatoms. The highest BCUT2D eigenvalue weighted by Gasteiger charge is 2.14. The average molecular weight is 206 g/mol. The summed E-state index contributed by atoms with van der Waals surface area (Å²) >= 11 is 0. The second kappa shape index (κ2) is 3.82. The molecule has 0 saturated carbocycles. The third kappa shape index (κ3) is 1.89. The van der Waals surface area contributed by atoms with E-state index >= 15 is 0 Å². The van der Waals surface area contributed by atoms with Gasteiger partial charge in [0.25, 0.3) is 0 Å². The smallest absolute Gasteiger partial charge is 0.318 e. The summed E-state index contributed by atoms with van der Waals surface area (Å²) in [5, 5.41) is 0.981. The molecule has 2 aromatic rings. The topological polar surface area (TPSA) is 58.9 Å². The highest BCUT2D eigenvalue weighted by Crippen LogP contribution is 2.18. The molecule has 0 saturated heterocycles. The quantitative estimate of drug-likeness (QED) is 0.748. The van der Waals surface area contributed by atoms with Gasteiger partial charge in [0.15, 0.2) is 0 Å². The molecule has 0 radical (unpaired) electrons. The summed E-state index contributed by atoms with van der Waals surface area (Å²) in [5.74, 6) is 0. The van der Waals surface area contributed by atoms with Gasteiger partial charge in [0.2, 0.25) is 0 Å². The number of fused-ring (bicyclic) bond motifs is 1. The van der Waals surface area contributed by atoms with Gasteiger partial charge in [-0.05, 0) is 18.1 Å². The van der Waals surface area contributed by atoms with Crippen molar-refractivity contribution in [2.45, 2.75) is 12.5 Å². The van der Waals surface area contributed by atoms with E-state index in [2.05, 4.69) is 4.98 Å². The van der Waals surface area contributed by atoms with Crippen molar-refractivity contribution in [3.63, 3.8) is 0 Å². The molecule has 78 valence electrons. The number of aromatic nitrogens is 1. The van der Waals surface area contributed by atoms with E-state index in [1.807, 2.05) is 24.3 Å². The number of para-hydroxylation sites is 1. The molecule has 1 aromatic heterocycles. The normalized spacial score (nSPS) is 12.9. The zero-order valence-electron chi connectivity index (χ0n) is 8.03.